The molecule has 0 spiro atoms. The SMILES string of the molecule is CC(Cc1cccs1)NC(=O)c1ccc(OC(F)F)cc1. The smallest absolute Gasteiger partial charge is 0.387 e. The third-order valence-corrected chi connectivity index (χ3v) is 3.71. The van der Waals surface area contributed by atoms with Gasteiger partial charge < -0.3 is 10.1 Å². The first-order valence-electron chi connectivity index (χ1n) is 6.42. The summed E-state index contributed by atoms with van der Waals surface area (Å²) in [6.07, 6.45) is 0.760. The molecule has 1 aromatic carbocycles. The highest BCUT2D eigenvalue weighted by atomic mass is 32.1. The number of alkyl halides is 2. The Bertz CT molecular complexity index is 570. The molecule has 2 aromatic rings. The summed E-state index contributed by atoms with van der Waals surface area (Å²) in [4.78, 5) is 13.2. The minimum atomic E-state index is -2.87. The van der Waals surface area contributed by atoms with E-state index in [-0.39, 0.29) is 17.7 Å². The molecule has 0 aliphatic rings. The normalized spacial score (nSPS) is 12.2. The number of ether oxygens (including phenoxy) is 1. The molecule has 0 aliphatic carbocycles. The van der Waals surface area contributed by atoms with Gasteiger partial charge in [-0.25, -0.2) is 0 Å². The monoisotopic (exact) mass is 311 g/mol. The summed E-state index contributed by atoms with van der Waals surface area (Å²) in [6.45, 7) is -0.943. The van der Waals surface area contributed by atoms with Crippen molar-refractivity contribution in [2.75, 3.05) is 0 Å². The molecule has 1 heterocycles. The molecule has 1 atom stereocenters. The van der Waals surface area contributed by atoms with Crippen LogP contribution in [0.4, 0.5) is 8.78 Å². The lowest BCUT2D eigenvalue weighted by molar-refractivity contribution is -0.0498. The molecule has 6 heteroatoms. The molecule has 112 valence electrons. The summed E-state index contributed by atoms with van der Waals surface area (Å²) < 4.78 is 28.3. The first-order valence-corrected chi connectivity index (χ1v) is 7.30. The van der Waals surface area contributed by atoms with Crippen molar-refractivity contribution in [1.29, 1.82) is 0 Å². The second kappa shape index (κ2) is 7.17. The van der Waals surface area contributed by atoms with Crippen LogP contribution in [0.3, 0.4) is 0 Å². The van der Waals surface area contributed by atoms with Crippen LogP contribution in [0.1, 0.15) is 22.2 Å². The second-order valence-corrected chi connectivity index (χ2v) is 5.59. The first kappa shape index (κ1) is 15.4. The van der Waals surface area contributed by atoms with Crippen LogP contribution in [0, 0.1) is 0 Å². The molecule has 0 radical (unpaired) electrons. The van der Waals surface area contributed by atoms with Gasteiger partial charge in [0.2, 0.25) is 0 Å². The summed E-state index contributed by atoms with van der Waals surface area (Å²) in [5.41, 5.74) is 0.412. The average molecular weight is 311 g/mol. The number of carbonyl (C=O) groups excluding carboxylic acids is 1. The van der Waals surface area contributed by atoms with E-state index in [1.807, 2.05) is 24.4 Å². The highest BCUT2D eigenvalue weighted by Crippen LogP contribution is 2.15. The fourth-order valence-electron chi connectivity index (χ4n) is 1.88. The van der Waals surface area contributed by atoms with Crippen molar-refractivity contribution >= 4 is 17.2 Å². The quantitative estimate of drug-likeness (QED) is 0.883. The van der Waals surface area contributed by atoms with Gasteiger partial charge in [0.25, 0.3) is 5.91 Å². The summed E-state index contributed by atoms with van der Waals surface area (Å²) >= 11 is 1.64. The molecule has 1 N–H and O–H groups in total. The molecule has 1 amide bonds. The van der Waals surface area contributed by atoms with Crippen molar-refractivity contribution in [3.8, 4) is 5.75 Å². The lowest BCUT2D eigenvalue weighted by atomic mass is 10.1. The van der Waals surface area contributed by atoms with Crippen molar-refractivity contribution in [3.63, 3.8) is 0 Å². The molecule has 0 fully saturated rings. The number of amides is 1. The maximum Gasteiger partial charge on any atom is 0.387 e. The van der Waals surface area contributed by atoms with Crippen molar-refractivity contribution in [2.24, 2.45) is 0 Å². The fraction of sp³-hybridized carbons (Fsp3) is 0.267. The molecule has 0 aliphatic heterocycles. The zero-order chi connectivity index (χ0) is 15.2. The van der Waals surface area contributed by atoms with Gasteiger partial charge in [0.15, 0.2) is 0 Å². The first-order chi connectivity index (χ1) is 10.0. The molecule has 3 nitrogen and oxygen atoms in total. The Balaban J connectivity index is 1.90. The van der Waals surface area contributed by atoms with Crippen LogP contribution in [-0.2, 0) is 6.42 Å². The van der Waals surface area contributed by atoms with E-state index < -0.39 is 6.61 Å². The van der Waals surface area contributed by atoms with Crippen LogP contribution in [0.25, 0.3) is 0 Å². The van der Waals surface area contributed by atoms with E-state index in [2.05, 4.69) is 10.1 Å². The van der Waals surface area contributed by atoms with Crippen LogP contribution in [0.2, 0.25) is 0 Å². The van der Waals surface area contributed by atoms with Crippen molar-refractivity contribution < 1.29 is 18.3 Å². The van der Waals surface area contributed by atoms with E-state index in [4.69, 9.17) is 0 Å². The minimum absolute atomic E-state index is 0.00635. The standard InChI is InChI=1S/C15H15F2NO2S/c1-10(9-13-3-2-8-21-13)18-14(19)11-4-6-12(7-5-11)20-15(16)17/h2-8,10,15H,9H2,1H3,(H,18,19). The summed E-state index contributed by atoms with van der Waals surface area (Å²) in [6, 6.07) is 9.61. The maximum absolute atomic E-state index is 12.0. The van der Waals surface area contributed by atoms with Crippen LogP contribution in [-0.4, -0.2) is 18.6 Å². The van der Waals surface area contributed by atoms with Gasteiger partial charge in [0.05, 0.1) is 0 Å². The summed E-state index contributed by atoms with van der Waals surface area (Å²) in [7, 11) is 0. The van der Waals surface area contributed by atoms with Gasteiger partial charge in [0.1, 0.15) is 5.75 Å². The zero-order valence-corrected chi connectivity index (χ0v) is 12.2. The van der Waals surface area contributed by atoms with Crippen LogP contribution in [0.5, 0.6) is 5.75 Å². The van der Waals surface area contributed by atoms with Gasteiger partial charge in [-0.2, -0.15) is 8.78 Å². The van der Waals surface area contributed by atoms with E-state index in [1.165, 1.54) is 29.1 Å². The number of hydrogen-bond donors (Lipinski definition) is 1. The predicted octanol–water partition coefficient (Wildman–Crippen LogP) is 3.71. The predicted molar refractivity (Wildman–Crippen MR) is 78.0 cm³/mol. The highest BCUT2D eigenvalue weighted by molar-refractivity contribution is 7.09. The number of rotatable bonds is 6. The largest absolute Gasteiger partial charge is 0.435 e. The van der Waals surface area contributed by atoms with Crippen molar-refractivity contribution in [3.05, 3.63) is 52.2 Å². The molecule has 2 rings (SSSR count). The number of thiophene rings is 1. The third-order valence-electron chi connectivity index (χ3n) is 2.81. The van der Waals surface area contributed by atoms with Gasteiger partial charge >= 0.3 is 6.61 Å². The highest BCUT2D eigenvalue weighted by Gasteiger charge is 2.11. The number of hydrogen-bond acceptors (Lipinski definition) is 3. The van der Waals surface area contributed by atoms with Crippen molar-refractivity contribution in [1.82, 2.24) is 5.32 Å². The second-order valence-electron chi connectivity index (χ2n) is 4.56. The maximum atomic E-state index is 12.0. The van der Waals surface area contributed by atoms with Gasteiger partial charge in [-0.1, -0.05) is 6.07 Å². The molecule has 0 saturated carbocycles. The Morgan fingerprint density at radius 2 is 2.00 bits per heavy atom. The topological polar surface area (TPSA) is 38.3 Å². The number of halogens is 2. The number of benzene rings is 1. The molecule has 0 saturated heterocycles. The van der Waals surface area contributed by atoms with Crippen LogP contribution >= 0.6 is 11.3 Å². The molecule has 1 aromatic heterocycles. The Morgan fingerprint density at radius 1 is 1.29 bits per heavy atom. The Labute approximate surface area is 125 Å². The molecule has 1 unspecified atom stereocenters. The van der Waals surface area contributed by atoms with Gasteiger partial charge in [-0.3, -0.25) is 4.79 Å². The molecular formula is C15H15F2NO2S. The van der Waals surface area contributed by atoms with E-state index in [9.17, 15) is 13.6 Å². The number of nitrogens with one attached hydrogen (secondary N) is 1. The molecule has 21 heavy (non-hydrogen) atoms. The third kappa shape index (κ3) is 4.82. The van der Waals surface area contributed by atoms with E-state index in [0.29, 0.717) is 5.56 Å². The Kier molecular flexibility index (Phi) is 5.27. The van der Waals surface area contributed by atoms with E-state index in [0.717, 1.165) is 6.42 Å². The zero-order valence-electron chi connectivity index (χ0n) is 11.4. The van der Waals surface area contributed by atoms with Gasteiger partial charge in [-0.15, -0.1) is 11.3 Å². The van der Waals surface area contributed by atoms with Crippen LogP contribution in [0.15, 0.2) is 41.8 Å². The number of carbonyl (C=O) groups is 1. The minimum Gasteiger partial charge on any atom is -0.435 e. The Hall–Kier alpha value is -1.95. The van der Waals surface area contributed by atoms with E-state index >= 15 is 0 Å². The Morgan fingerprint density at radius 3 is 2.57 bits per heavy atom. The van der Waals surface area contributed by atoms with Gasteiger partial charge in [-0.05, 0) is 42.6 Å². The summed E-state index contributed by atoms with van der Waals surface area (Å²) in [5, 5.41) is 4.87. The molecular weight excluding hydrogens is 296 g/mol. The van der Waals surface area contributed by atoms with E-state index in [1.54, 1.807) is 11.3 Å². The van der Waals surface area contributed by atoms with Gasteiger partial charge in [0, 0.05) is 22.9 Å². The molecule has 0 bridgehead atoms. The fourth-order valence-corrected chi connectivity index (χ4v) is 2.71. The van der Waals surface area contributed by atoms with Crippen molar-refractivity contribution in [2.45, 2.75) is 26.0 Å². The lowest BCUT2D eigenvalue weighted by Crippen LogP contribution is -2.33. The summed E-state index contributed by atoms with van der Waals surface area (Å²) in [5.74, 6) is -0.198. The lowest BCUT2D eigenvalue weighted by Gasteiger charge is -2.13. The van der Waals surface area contributed by atoms with Crippen LogP contribution < -0.4 is 10.1 Å². The average Bonchev–Trinajstić information content (AvgIpc) is 2.91.